The average molecular weight is 370 g/mol. The van der Waals surface area contributed by atoms with E-state index in [1.165, 1.54) is 19.5 Å². The highest BCUT2D eigenvalue weighted by Crippen LogP contribution is 2.33. The van der Waals surface area contributed by atoms with Crippen LogP contribution in [0, 0.1) is 5.41 Å². The SMILES string of the molecule is CC1(CN2CCC(c3nc4cc(Cl)ccc4o3)CC2)CCNC1.Cl. The molecular weight excluding hydrogens is 345 g/mol. The summed E-state index contributed by atoms with van der Waals surface area (Å²) in [5.41, 5.74) is 2.16. The van der Waals surface area contributed by atoms with Crippen molar-refractivity contribution in [1.29, 1.82) is 0 Å². The number of oxazole rings is 1. The highest BCUT2D eigenvalue weighted by molar-refractivity contribution is 6.31. The number of benzene rings is 1. The molecule has 2 aromatic rings. The zero-order valence-electron chi connectivity index (χ0n) is 14.1. The third-order valence-electron chi connectivity index (χ3n) is 5.37. The molecule has 0 radical (unpaired) electrons. The van der Waals surface area contributed by atoms with Crippen LogP contribution in [-0.4, -0.2) is 42.6 Å². The molecule has 0 amide bonds. The second-order valence-corrected chi connectivity index (χ2v) is 7.89. The molecule has 132 valence electrons. The Balaban J connectivity index is 0.00000169. The van der Waals surface area contributed by atoms with Gasteiger partial charge in [0.1, 0.15) is 5.52 Å². The van der Waals surface area contributed by atoms with E-state index < -0.39 is 0 Å². The Morgan fingerprint density at radius 3 is 2.88 bits per heavy atom. The summed E-state index contributed by atoms with van der Waals surface area (Å²) in [6.07, 6.45) is 3.55. The molecule has 3 heterocycles. The van der Waals surface area contributed by atoms with Crippen LogP contribution in [0.5, 0.6) is 0 Å². The number of hydrogen-bond donors (Lipinski definition) is 1. The Kier molecular flexibility index (Phi) is 5.40. The first-order chi connectivity index (χ1) is 11.1. The maximum Gasteiger partial charge on any atom is 0.198 e. The van der Waals surface area contributed by atoms with Gasteiger partial charge in [-0.15, -0.1) is 12.4 Å². The first-order valence-electron chi connectivity index (χ1n) is 8.60. The van der Waals surface area contributed by atoms with Crippen LogP contribution in [0.1, 0.15) is 38.0 Å². The van der Waals surface area contributed by atoms with Crippen LogP contribution >= 0.6 is 24.0 Å². The molecule has 4 nitrogen and oxygen atoms in total. The number of piperidine rings is 1. The van der Waals surface area contributed by atoms with E-state index in [-0.39, 0.29) is 12.4 Å². The number of nitrogens with one attached hydrogen (secondary N) is 1. The lowest BCUT2D eigenvalue weighted by molar-refractivity contribution is 0.139. The molecule has 1 aromatic carbocycles. The number of hydrogen-bond acceptors (Lipinski definition) is 4. The minimum atomic E-state index is 0. The molecular formula is C18H25Cl2N3O. The predicted octanol–water partition coefficient (Wildman–Crippen LogP) is 4.08. The van der Waals surface area contributed by atoms with Gasteiger partial charge in [-0.2, -0.15) is 0 Å². The van der Waals surface area contributed by atoms with Crippen molar-refractivity contribution < 1.29 is 4.42 Å². The van der Waals surface area contributed by atoms with Gasteiger partial charge in [0.25, 0.3) is 0 Å². The van der Waals surface area contributed by atoms with Crippen molar-refractivity contribution in [3.8, 4) is 0 Å². The molecule has 2 saturated heterocycles. The van der Waals surface area contributed by atoms with Crippen molar-refractivity contribution in [2.45, 2.75) is 32.1 Å². The minimum absolute atomic E-state index is 0. The zero-order chi connectivity index (χ0) is 15.9. The van der Waals surface area contributed by atoms with Crippen molar-refractivity contribution >= 4 is 35.1 Å². The number of aromatic nitrogens is 1. The lowest BCUT2D eigenvalue weighted by atomic mass is 9.87. The maximum absolute atomic E-state index is 6.03. The summed E-state index contributed by atoms with van der Waals surface area (Å²) in [5.74, 6) is 1.32. The fourth-order valence-electron chi connectivity index (χ4n) is 3.97. The molecule has 2 aliphatic rings. The summed E-state index contributed by atoms with van der Waals surface area (Å²) in [7, 11) is 0. The molecule has 0 bridgehead atoms. The molecule has 0 saturated carbocycles. The summed E-state index contributed by atoms with van der Waals surface area (Å²) in [6.45, 7) is 8.20. The number of halogens is 2. The summed E-state index contributed by atoms with van der Waals surface area (Å²) in [4.78, 5) is 7.27. The summed E-state index contributed by atoms with van der Waals surface area (Å²) in [5, 5.41) is 4.21. The van der Waals surface area contributed by atoms with Crippen molar-refractivity contribution in [1.82, 2.24) is 15.2 Å². The van der Waals surface area contributed by atoms with Gasteiger partial charge >= 0.3 is 0 Å². The fourth-order valence-corrected chi connectivity index (χ4v) is 4.14. The van der Waals surface area contributed by atoms with Gasteiger partial charge in [-0.05, 0) is 62.5 Å². The molecule has 0 aliphatic carbocycles. The molecule has 2 aliphatic heterocycles. The van der Waals surface area contributed by atoms with E-state index in [4.69, 9.17) is 16.0 Å². The highest BCUT2D eigenvalue weighted by atomic mass is 35.5. The molecule has 1 N–H and O–H groups in total. The van der Waals surface area contributed by atoms with Crippen molar-refractivity contribution in [3.05, 3.63) is 29.1 Å². The van der Waals surface area contributed by atoms with Gasteiger partial charge in [0.2, 0.25) is 0 Å². The Hall–Kier alpha value is -0.810. The van der Waals surface area contributed by atoms with Crippen LogP contribution in [0.3, 0.4) is 0 Å². The van der Waals surface area contributed by atoms with Gasteiger partial charge in [-0.3, -0.25) is 0 Å². The predicted molar refractivity (Wildman–Crippen MR) is 100 cm³/mol. The number of nitrogens with zero attached hydrogens (tertiary/aromatic N) is 2. The van der Waals surface area contributed by atoms with Gasteiger partial charge in [-0.1, -0.05) is 18.5 Å². The number of fused-ring (bicyclic) bond motifs is 1. The fraction of sp³-hybridized carbons (Fsp3) is 0.611. The van der Waals surface area contributed by atoms with E-state index >= 15 is 0 Å². The topological polar surface area (TPSA) is 41.3 Å². The van der Waals surface area contributed by atoms with E-state index in [0.717, 1.165) is 49.5 Å². The summed E-state index contributed by atoms with van der Waals surface area (Å²) >= 11 is 6.03. The largest absolute Gasteiger partial charge is 0.440 e. The zero-order valence-corrected chi connectivity index (χ0v) is 15.6. The van der Waals surface area contributed by atoms with E-state index in [2.05, 4.69) is 22.1 Å². The van der Waals surface area contributed by atoms with E-state index in [0.29, 0.717) is 16.4 Å². The van der Waals surface area contributed by atoms with Gasteiger partial charge in [0.15, 0.2) is 11.5 Å². The van der Waals surface area contributed by atoms with Gasteiger partial charge in [0.05, 0.1) is 0 Å². The lowest BCUT2D eigenvalue weighted by Gasteiger charge is -2.36. The van der Waals surface area contributed by atoms with Gasteiger partial charge in [-0.25, -0.2) is 4.98 Å². The van der Waals surface area contributed by atoms with Gasteiger partial charge in [0, 0.05) is 24.0 Å². The smallest absolute Gasteiger partial charge is 0.198 e. The van der Waals surface area contributed by atoms with Crippen molar-refractivity contribution in [2.24, 2.45) is 5.41 Å². The third kappa shape index (κ3) is 3.72. The molecule has 24 heavy (non-hydrogen) atoms. The maximum atomic E-state index is 6.03. The molecule has 2 fully saturated rings. The lowest BCUT2D eigenvalue weighted by Crippen LogP contribution is -2.41. The molecule has 1 aromatic heterocycles. The van der Waals surface area contributed by atoms with Crippen molar-refractivity contribution in [3.63, 3.8) is 0 Å². The van der Waals surface area contributed by atoms with Crippen LogP contribution in [0.2, 0.25) is 5.02 Å². The summed E-state index contributed by atoms with van der Waals surface area (Å²) in [6, 6.07) is 5.65. The van der Waals surface area contributed by atoms with Crippen LogP contribution in [0.4, 0.5) is 0 Å². The molecule has 0 spiro atoms. The van der Waals surface area contributed by atoms with E-state index in [1.54, 1.807) is 0 Å². The molecule has 1 unspecified atom stereocenters. The highest BCUT2D eigenvalue weighted by Gasteiger charge is 2.33. The Bertz CT molecular complexity index is 689. The molecule has 4 rings (SSSR count). The molecule has 6 heteroatoms. The summed E-state index contributed by atoms with van der Waals surface area (Å²) < 4.78 is 5.95. The van der Waals surface area contributed by atoms with Crippen LogP contribution in [-0.2, 0) is 0 Å². The van der Waals surface area contributed by atoms with E-state index in [9.17, 15) is 0 Å². The van der Waals surface area contributed by atoms with Crippen LogP contribution in [0.25, 0.3) is 11.1 Å². The van der Waals surface area contributed by atoms with Crippen molar-refractivity contribution in [2.75, 3.05) is 32.7 Å². The second-order valence-electron chi connectivity index (χ2n) is 7.45. The van der Waals surface area contributed by atoms with Crippen LogP contribution in [0.15, 0.2) is 22.6 Å². The number of likely N-dealkylation sites (tertiary alicyclic amines) is 1. The van der Waals surface area contributed by atoms with Crippen LogP contribution < -0.4 is 5.32 Å². The Labute approximate surface area is 154 Å². The first kappa shape index (κ1) is 18.0. The van der Waals surface area contributed by atoms with Gasteiger partial charge < -0.3 is 14.6 Å². The monoisotopic (exact) mass is 369 g/mol. The third-order valence-corrected chi connectivity index (χ3v) is 5.60. The average Bonchev–Trinajstić information content (AvgIpc) is 3.14. The Morgan fingerprint density at radius 2 is 2.17 bits per heavy atom. The first-order valence-corrected chi connectivity index (χ1v) is 8.98. The molecule has 1 atom stereocenters. The Morgan fingerprint density at radius 1 is 1.38 bits per heavy atom. The normalized spacial score (nSPS) is 25.9. The second kappa shape index (κ2) is 7.20. The minimum Gasteiger partial charge on any atom is -0.440 e. The van der Waals surface area contributed by atoms with E-state index in [1.807, 2.05) is 18.2 Å². The number of rotatable bonds is 3. The standard InChI is InChI=1S/C18H24ClN3O.ClH/c1-18(6-7-20-11-18)12-22-8-4-13(5-9-22)17-21-15-10-14(19)2-3-16(15)23-17;/h2-3,10,13,20H,4-9,11-12H2,1H3;1H. The quantitative estimate of drug-likeness (QED) is 0.884.